The van der Waals surface area contributed by atoms with E-state index in [1.165, 1.54) is 11.8 Å². The zero-order valence-corrected chi connectivity index (χ0v) is 22.6. The van der Waals surface area contributed by atoms with Crippen LogP contribution in [0.5, 0.6) is 11.5 Å². The van der Waals surface area contributed by atoms with Gasteiger partial charge >= 0.3 is 5.91 Å². The topological polar surface area (TPSA) is 106 Å². The summed E-state index contributed by atoms with van der Waals surface area (Å²) in [5.41, 5.74) is 1.33. The summed E-state index contributed by atoms with van der Waals surface area (Å²) >= 11 is 1.04. The molecule has 8 nitrogen and oxygen atoms in total. The third kappa shape index (κ3) is 5.19. The summed E-state index contributed by atoms with van der Waals surface area (Å²) in [4.78, 5) is 45.1. The van der Waals surface area contributed by atoms with Gasteiger partial charge in [-0.25, -0.2) is 4.98 Å². The number of nitrogens with zero attached hydrogens (tertiary/aromatic N) is 2. The molecule has 1 amide bonds. The van der Waals surface area contributed by atoms with Crippen LogP contribution in [0.4, 0.5) is 5.13 Å². The summed E-state index contributed by atoms with van der Waals surface area (Å²) in [6.07, 6.45) is 1.86. The molecule has 2 aromatic carbocycles. The van der Waals surface area contributed by atoms with Crippen molar-refractivity contribution in [2.75, 3.05) is 18.1 Å². The number of ether oxygens (including phenoxy) is 2. The summed E-state index contributed by atoms with van der Waals surface area (Å²) < 4.78 is 11.8. The molecule has 1 aliphatic heterocycles. The molecule has 38 heavy (non-hydrogen) atoms. The summed E-state index contributed by atoms with van der Waals surface area (Å²) in [6, 6.07) is 12.8. The van der Waals surface area contributed by atoms with Crippen LogP contribution in [0.15, 0.2) is 54.1 Å². The van der Waals surface area contributed by atoms with Crippen LogP contribution in [-0.2, 0) is 9.59 Å². The lowest BCUT2D eigenvalue weighted by Gasteiger charge is -2.24. The van der Waals surface area contributed by atoms with E-state index < -0.39 is 17.7 Å². The van der Waals surface area contributed by atoms with Crippen molar-refractivity contribution in [3.8, 4) is 11.5 Å². The van der Waals surface area contributed by atoms with Crippen molar-refractivity contribution in [1.29, 1.82) is 0 Å². The van der Waals surface area contributed by atoms with Crippen LogP contribution in [-0.4, -0.2) is 40.8 Å². The number of carbonyl (C=O) groups is 3. The first kappa shape index (κ1) is 27.1. The molecule has 1 aliphatic rings. The molecule has 0 aliphatic carbocycles. The summed E-state index contributed by atoms with van der Waals surface area (Å²) in [5.74, 6) is -1.14. The van der Waals surface area contributed by atoms with Gasteiger partial charge in [0.15, 0.2) is 22.4 Å². The molecule has 1 saturated heterocycles. The van der Waals surface area contributed by atoms with Crippen LogP contribution in [0.1, 0.15) is 66.1 Å². The van der Waals surface area contributed by atoms with Gasteiger partial charge in [0.2, 0.25) is 0 Å². The van der Waals surface area contributed by atoms with Crippen LogP contribution in [0.25, 0.3) is 5.76 Å². The molecular formula is C29H30N2O6S. The molecule has 0 bridgehead atoms. The van der Waals surface area contributed by atoms with Gasteiger partial charge in [0.05, 0.1) is 35.4 Å². The number of anilines is 1. The largest absolute Gasteiger partial charge is 0.507 e. The van der Waals surface area contributed by atoms with Crippen LogP contribution < -0.4 is 14.4 Å². The smallest absolute Gasteiger partial charge is 0.301 e. The number of rotatable bonds is 10. The minimum Gasteiger partial charge on any atom is -0.507 e. The van der Waals surface area contributed by atoms with Gasteiger partial charge in [-0.15, -0.1) is 0 Å². The van der Waals surface area contributed by atoms with Gasteiger partial charge in [-0.3, -0.25) is 19.3 Å². The van der Waals surface area contributed by atoms with Gasteiger partial charge < -0.3 is 14.6 Å². The summed E-state index contributed by atoms with van der Waals surface area (Å²) in [7, 11) is 0. The maximum absolute atomic E-state index is 13.4. The number of carbonyl (C=O) groups excluding carboxylic acids is 3. The number of aliphatic hydroxyl groups excluding tert-OH is 1. The average Bonchev–Trinajstić information content (AvgIpc) is 3.42. The third-order valence-electron chi connectivity index (χ3n) is 6.14. The van der Waals surface area contributed by atoms with Crippen LogP contribution >= 0.6 is 11.3 Å². The fourth-order valence-corrected chi connectivity index (χ4v) is 5.31. The zero-order valence-electron chi connectivity index (χ0n) is 21.8. The second-order valence-electron chi connectivity index (χ2n) is 8.84. The summed E-state index contributed by atoms with van der Waals surface area (Å²) in [6.45, 7) is 7.94. The number of unbranched alkanes of at least 4 members (excludes halogenated alkanes) is 1. The van der Waals surface area contributed by atoms with E-state index in [-0.39, 0.29) is 22.2 Å². The third-order valence-corrected chi connectivity index (χ3v) is 7.40. The van der Waals surface area contributed by atoms with Gasteiger partial charge in [0, 0.05) is 12.5 Å². The number of thiazole rings is 1. The summed E-state index contributed by atoms with van der Waals surface area (Å²) in [5, 5.41) is 11.5. The van der Waals surface area contributed by atoms with Crippen LogP contribution in [0.2, 0.25) is 0 Å². The molecule has 1 fully saturated rings. The number of benzene rings is 2. The van der Waals surface area contributed by atoms with Gasteiger partial charge in [0.25, 0.3) is 5.78 Å². The van der Waals surface area contributed by atoms with Crippen molar-refractivity contribution in [3.05, 3.63) is 75.8 Å². The quantitative estimate of drug-likeness (QED) is 0.114. The second-order valence-corrected chi connectivity index (χ2v) is 9.82. The van der Waals surface area contributed by atoms with E-state index in [0.717, 1.165) is 24.2 Å². The van der Waals surface area contributed by atoms with Crippen molar-refractivity contribution < 1.29 is 29.0 Å². The number of hydrogen-bond donors (Lipinski definition) is 1. The molecule has 1 N–H and O–H groups in total. The van der Waals surface area contributed by atoms with Crippen molar-refractivity contribution in [3.63, 3.8) is 0 Å². The number of aliphatic hydroxyl groups is 1. The zero-order chi connectivity index (χ0) is 27.4. The number of aromatic nitrogens is 1. The molecule has 1 atom stereocenters. The van der Waals surface area contributed by atoms with Crippen molar-refractivity contribution >= 4 is 39.7 Å². The lowest BCUT2D eigenvalue weighted by molar-refractivity contribution is -0.132. The van der Waals surface area contributed by atoms with E-state index in [0.29, 0.717) is 46.4 Å². The number of hydrogen-bond acceptors (Lipinski definition) is 8. The molecular weight excluding hydrogens is 504 g/mol. The van der Waals surface area contributed by atoms with E-state index in [1.54, 1.807) is 55.5 Å². The standard InChI is InChI=1S/C29H30N2O6S/c1-5-7-15-37-21-14-13-20(16-22(21)36-6-2)24-23(25(33)19-11-9-8-10-12-19)26(34)28(35)31(24)29-30-17(3)27(38-29)18(4)32/h8-14,16,24,33H,5-7,15H2,1-4H3. The predicted octanol–water partition coefficient (Wildman–Crippen LogP) is 5.86. The first-order valence-corrected chi connectivity index (χ1v) is 13.3. The Morgan fingerprint density at radius 3 is 2.45 bits per heavy atom. The second kappa shape index (κ2) is 11.6. The Bertz CT molecular complexity index is 1400. The van der Waals surface area contributed by atoms with E-state index in [4.69, 9.17) is 9.47 Å². The SMILES string of the molecule is CCCCOc1ccc(C2C(=C(O)c3ccccc3)C(=O)C(=O)N2c2nc(C)c(C(C)=O)s2)cc1OCC. The van der Waals surface area contributed by atoms with Crippen molar-refractivity contribution in [2.45, 2.75) is 46.6 Å². The van der Waals surface area contributed by atoms with Crippen LogP contribution in [0, 0.1) is 6.92 Å². The fourth-order valence-electron chi connectivity index (χ4n) is 4.32. The molecule has 1 unspecified atom stereocenters. The van der Waals surface area contributed by atoms with E-state index in [2.05, 4.69) is 11.9 Å². The number of ketones is 2. The molecule has 0 saturated carbocycles. The van der Waals surface area contributed by atoms with Gasteiger partial charge in [-0.1, -0.05) is 61.1 Å². The lowest BCUT2D eigenvalue weighted by atomic mass is 9.95. The molecule has 0 radical (unpaired) electrons. The molecule has 9 heteroatoms. The highest BCUT2D eigenvalue weighted by Crippen LogP contribution is 2.45. The molecule has 0 spiro atoms. The Kier molecular flexibility index (Phi) is 8.26. The average molecular weight is 535 g/mol. The van der Waals surface area contributed by atoms with E-state index in [1.807, 2.05) is 6.92 Å². The Morgan fingerprint density at radius 1 is 1.08 bits per heavy atom. The highest BCUT2D eigenvalue weighted by atomic mass is 32.1. The predicted molar refractivity (Wildman–Crippen MR) is 146 cm³/mol. The minimum atomic E-state index is -0.996. The minimum absolute atomic E-state index is 0.0690. The maximum Gasteiger partial charge on any atom is 0.301 e. The molecule has 3 aromatic rings. The molecule has 198 valence electrons. The van der Waals surface area contributed by atoms with Crippen molar-refractivity contribution in [1.82, 2.24) is 4.98 Å². The highest BCUT2D eigenvalue weighted by molar-refractivity contribution is 7.18. The van der Waals surface area contributed by atoms with Crippen LogP contribution in [0.3, 0.4) is 0 Å². The normalized spacial score (nSPS) is 16.6. The number of amides is 1. The van der Waals surface area contributed by atoms with E-state index in [9.17, 15) is 19.5 Å². The first-order chi connectivity index (χ1) is 18.3. The fraction of sp³-hybridized carbons (Fsp3) is 0.310. The molecule has 1 aromatic heterocycles. The Morgan fingerprint density at radius 2 is 1.82 bits per heavy atom. The number of aryl methyl sites for hydroxylation is 1. The number of Topliss-reactive ketones (excluding diaryl/α,β-unsaturated/α-hetero) is 2. The highest BCUT2D eigenvalue weighted by Gasteiger charge is 2.48. The Labute approximate surface area is 225 Å². The van der Waals surface area contributed by atoms with E-state index >= 15 is 0 Å². The van der Waals surface area contributed by atoms with Gasteiger partial charge in [-0.05, 0) is 38.0 Å². The Balaban J connectivity index is 1.91. The molecule has 4 rings (SSSR count). The first-order valence-electron chi connectivity index (χ1n) is 12.5. The van der Waals surface area contributed by atoms with Gasteiger partial charge in [-0.2, -0.15) is 0 Å². The maximum atomic E-state index is 13.4. The monoisotopic (exact) mass is 534 g/mol. The molecule has 2 heterocycles. The van der Waals surface area contributed by atoms with Gasteiger partial charge in [0.1, 0.15) is 5.76 Å². The lowest BCUT2D eigenvalue weighted by Crippen LogP contribution is -2.29. The Hall–Kier alpha value is -3.98. The van der Waals surface area contributed by atoms with Crippen molar-refractivity contribution in [2.24, 2.45) is 0 Å².